The second-order valence-corrected chi connectivity index (χ2v) is 6.16. The van der Waals surface area contributed by atoms with Crippen molar-refractivity contribution in [3.63, 3.8) is 0 Å². The zero-order valence-corrected chi connectivity index (χ0v) is 11.7. The molecule has 0 aromatic carbocycles. The van der Waals surface area contributed by atoms with Gasteiger partial charge in [-0.2, -0.15) is 5.26 Å². The number of amides is 1. The lowest BCUT2D eigenvalue weighted by atomic mass is 10.2. The average Bonchev–Trinajstić information content (AvgIpc) is 2.89. The van der Waals surface area contributed by atoms with E-state index >= 15 is 0 Å². The molecule has 0 unspecified atom stereocenters. The number of rotatable bonds is 3. The van der Waals surface area contributed by atoms with E-state index in [1.54, 1.807) is 11.3 Å². The maximum Gasteiger partial charge on any atom is 0.230 e. The molecule has 2 aromatic rings. The highest BCUT2D eigenvalue weighted by Gasteiger charge is 2.14. The van der Waals surface area contributed by atoms with Crippen LogP contribution in [0, 0.1) is 25.2 Å². The first-order chi connectivity index (χ1) is 8.61. The third-order valence-corrected chi connectivity index (χ3v) is 4.66. The zero-order valence-electron chi connectivity index (χ0n) is 10.1. The summed E-state index contributed by atoms with van der Waals surface area (Å²) in [7, 11) is 0. The summed E-state index contributed by atoms with van der Waals surface area (Å²) in [5.41, 5.74) is 1.53. The molecule has 0 aliphatic heterocycles. The Morgan fingerprint density at radius 2 is 2.28 bits per heavy atom. The number of anilines is 1. The number of aryl methyl sites for hydroxylation is 1. The van der Waals surface area contributed by atoms with E-state index in [9.17, 15) is 4.79 Å². The number of nitrogens with zero attached hydrogens (tertiary/aromatic N) is 1. The fourth-order valence-electron chi connectivity index (χ4n) is 1.59. The Kier molecular flexibility index (Phi) is 3.80. The van der Waals surface area contributed by atoms with Crippen molar-refractivity contribution in [3.05, 3.63) is 38.4 Å². The van der Waals surface area contributed by atoms with Crippen LogP contribution in [0.1, 0.15) is 20.9 Å². The first-order valence-electron chi connectivity index (χ1n) is 5.44. The Balaban J connectivity index is 2.12. The van der Waals surface area contributed by atoms with Crippen LogP contribution in [0.3, 0.4) is 0 Å². The molecule has 0 atom stereocenters. The van der Waals surface area contributed by atoms with Crippen molar-refractivity contribution in [1.82, 2.24) is 0 Å². The highest BCUT2D eigenvalue weighted by atomic mass is 32.1. The van der Waals surface area contributed by atoms with Crippen LogP contribution in [0.2, 0.25) is 0 Å². The molecular formula is C13H12N2OS2. The van der Waals surface area contributed by atoms with E-state index in [0.717, 1.165) is 15.3 Å². The lowest BCUT2D eigenvalue weighted by Gasteiger charge is -2.01. The van der Waals surface area contributed by atoms with Crippen LogP contribution in [0.5, 0.6) is 0 Å². The monoisotopic (exact) mass is 276 g/mol. The van der Waals surface area contributed by atoms with Gasteiger partial charge in [0, 0.05) is 9.75 Å². The first-order valence-corrected chi connectivity index (χ1v) is 7.13. The van der Waals surface area contributed by atoms with Gasteiger partial charge >= 0.3 is 0 Å². The summed E-state index contributed by atoms with van der Waals surface area (Å²) in [6.07, 6.45) is 0.360. The number of hydrogen-bond donors (Lipinski definition) is 1. The van der Waals surface area contributed by atoms with E-state index in [1.807, 2.05) is 31.4 Å². The number of carbonyl (C=O) groups excluding carboxylic acids is 1. The van der Waals surface area contributed by atoms with Crippen LogP contribution in [0.25, 0.3) is 0 Å². The van der Waals surface area contributed by atoms with Gasteiger partial charge in [-0.25, -0.2) is 0 Å². The van der Waals surface area contributed by atoms with Gasteiger partial charge in [-0.15, -0.1) is 22.7 Å². The number of nitriles is 1. The topological polar surface area (TPSA) is 52.9 Å². The van der Waals surface area contributed by atoms with Crippen LogP contribution in [0.15, 0.2) is 17.5 Å². The molecule has 2 rings (SSSR count). The number of nitrogens with one attached hydrogen (secondary N) is 1. The predicted molar refractivity (Wildman–Crippen MR) is 75.2 cm³/mol. The molecule has 0 aliphatic carbocycles. The second-order valence-electron chi connectivity index (χ2n) is 3.90. The molecule has 0 spiro atoms. The molecule has 0 fully saturated rings. The quantitative estimate of drug-likeness (QED) is 0.933. The highest BCUT2D eigenvalue weighted by Crippen LogP contribution is 2.31. The highest BCUT2D eigenvalue weighted by molar-refractivity contribution is 7.16. The molecule has 1 N–H and O–H groups in total. The molecule has 2 heterocycles. The average molecular weight is 276 g/mol. The Bertz CT molecular complexity index is 606. The molecule has 5 heteroatoms. The number of carbonyl (C=O) groups is 1. The molecule has 1 amide bonds. The van der Waals surface area contributed by atoms with Gasteiger partial charge in [0.25, 0.3) is 0 Å². The SMILES string of the molecule is Cc1sc(NC(=O)Cc2cccs2)c(C#N)c1C. The molecule has 0 aliphatic rings. The van der Waals surface area contributed by atoms with Gasteiger partial charge in [0.15, 0.2) is 0 Å². The third-order valence-electron chi connectivity index (χ3n) is 2.66. The minimum atomic E-state index is -0.0739. The van der Waals surface area contributed by atoms with Gasteiger partial charge < -0.3 is 5.32 Å². The molecule has 18 heavy (non-hydrogen) atoms. The van der Waals surface area contributed by atoms with Gasteiger partial charge in [0.05, 0.1) is 12.0 Å². The molecule has 0 radical (unpaired) electrons. The minimum absolute atomic E-state index is 0.0739. The second kappa shape index (κ2) is 5.34. The zero-order chi connectivity index (χ0) is 13.1. The van der Waals surface area contributed by atoms with Gasteiger partial charge in [-0.1, -0.05) is 6.07 Å². The van der Waals surface area contributed by atoms with E-state index in [0.29, 0.717) is 17.0 Å². The summed E-state index contributed by atoms with van der Waals surface area (Å²) in [6, 6.07) is 6.00. The van der Waals surface area contributed by atoms with Crippen molar-refractivity contribution in [1.29, 1.82) is 5.26 Å². The van der Waals surface area contributed by atoms with Crippen LogP contribution in [0.4, 0.5) is 5.00 Å². The Morgan fingerprint density at radius 1 is 1.50 bits per heavy atom. The summed E-state index contributed by atoms with van der Waals surface area (Å²) in [4.78, 5) is 14.0. The molecule has 92 valence electrons. The normalized spacial score (nSPS) is 10.1. The van der Waals surface area contributed by atoms with Crippen molar-refractivity contribution >= 4 is 33.6 Å². The summed E-state index contributed by atoms with van der Waals surface area (Å²) in [5.74, 6) is -0.0739. The van der Waals surface area contributed by atoms with E-state index < -0.39 is 0 Å². The van der Waals surface area contributed by atoms with Crippen molar-refractivity contribution in [2.75, 3.05) is 5.32 Å². The molecule has 2 aromatic heterocycles. The lowest BCUT2D eigenvalue weighted by Crippen LogP contribution is -2.13. The first kappa shape index (κ1) is 12.8. The van der Waals surface area contributed by atoms with E-state index in [2.05, 4.69) is 11.4 Å². The minimum Gasteiger partial charge on any atom is -0.316 e. The molecular weight excluding hydrogens is 264 g/mol. The van der Waals surface area contributed by atoms with E-state index in [1.165, 1.54) is 11.3 Å². The molecule has 0 saturated carbocycles. The van der Waals surface area contributed by atoms with Crippen LogP contribution in [-0.2, 0) is 11.2 Å². The lowest BCUT2D eigenvalue weighted by molar-refractivity contribution is -0.115. The smallest absolute Gasteiger partial charge is 0.230 e. The van der Waals surface area contributed by atoms with Crippen molar-refractivity contribution in [2.24, 2.45) is 0 Å². The fraction of sp³-hybridized carbons (Fsp3) is 0.231. The molecule has 3 nitrogen and oxygen atoms in total. The van der Waals surface area contributed by atoms with Crippen LogP contribution in [-0.4, -0.2) is 5.91 Å². The summed E-state index contributed by atoms with van der Waals surface area (Å²) >= 11 is 3.01. The molecule has 0 saturated heterocycles. The predicted octanol–water partition coefficient (Wildman–Crippen LogP) is 3.48. The van der Waals surface area contributed by atoms with Gasteiger partial charge in [-0.3, -0.25) is 4.79 Å². The van der Waals surface area contributed by atoms with E-state index in [-0.39, 0.29) is 5.91 Å². The van der Waals surface area contributed by atoms with Crippen molar-refractivity contribution in [2.45, 2.75) is 20.3 Å². The maximum atomic E-state index is 11.9. The van der Waals surface area contributed by atoms with Crippen molar-refractivity contribution < 1.29 is 4.79 Å². The van der Waals surface area contributed by atoms with Gasteiger partial charge in [-0.05, 0) is 30.9 Å². The van der Waals surface area contributed by atoms with Gasteiger partial charge in [0.1, 0.15) is 11.1 Å². The fourth-order valence-corrected chi connectivity index (χ4v) is 3.32. The standard InChI is InChI=1S/C13H12N2OS2/c1-8-9(2)18-13(11(8)7-14)15-12(16)6-10-4-3-5-17-10/h3-5H,6H2,1-2H3,(H,15,16). The summed E-state index contributed by atoms with van der Waals surface area (Å²) < 4.78 is 0. The Labute approximate surface area is 114 Å². The maximum absolute atomic E-state index is 11.9. The number of thiophene rings is 2. The third kappa shape index (κ3) is 2.61. The van der Waals surface area contributed by atoms with Gasteiger partial charge in [0.2, 0.25) is 5.91 Å². The van der Waals surface area contributed by atoms with Crippen LogP contribution >= 0.6 is 22.7 Å². The number of hydrogen-bond acceptors (Lipinski definition) is 4. The summed E-state index contributed by atoms with van der Waals surface area (Å²) in [5, 5.41) is 14.5. The van der Waals surface area contributed by atoms with E-state index in [4.69, 9.17) is 5.26 Å². The summed E-state index contributed by atoms with van der Waals surface area (Å²) in [6.45, 7) is 3.86. The Hall–Kier alpha value is -1.64. The van der Waals surface area contributed by atoms with Crippen molar-refractivity contribution in [3.8, 4) is 6.07 Å². The van der Waals surface area contributed by atoms with Crippen LogP contribution < -0.4 is 5.32 Å². The molecule has 0 bridgehead atoms. The largest absolute Gasteiger partial charge is 0.316 e. The Morgan fingerprint density at radius 3 is 2.89 bits per heavy atom.